The number of rotatable bonds is 9. The van der Waals surface area contributed by atoms with Crippen LogP contribution < -0.4 is 35.2 Å². The summed E-state index contributed by atoms with van der Waals surface area (Å²) in [5.74, 6) is -0.730. The molecule has 1 heterocycles. The average molecular weight is 326 g/mol. The second kappa shape index (κ2) is 10.5. The summed E-state index contributed by atoms with van der Waals surface area (Å²) in [6.45, 7) is 0.686. The third-order valence-corrected chi connectivity index (χ3v) is 3.71. The number of unbranched alkanes of at least 4 members (excludes halogenated alkanes) is 4. The monoisotopic (exact) mass is 326 g/mol. The normalized spacial score (nSPS) is 10.3. The quantitative estimate of drug-likeness (QED) is 0.517. The number of benzene rings is 1. The summed E-state index contributed by atoms with van der Waals surface area (Å²) in [5.41, 5.74) is 1.86. The Morgan fingerprint density at radius 2 is 1.74 bits per heavy atom. The maximum Gasteiger partial charge on any atom is 1.00 e. The molecule has 0 spiro atoms. The first-order chi connectivity index (χ1) is 10.7. The minimum Gasteiger partial charge on any atom is -1.00 e. The largest absolute Gasteiger partial charge is 1.00 e. The Balaban J connectivity index is 0.00000264. The maximum atomic E-state index is 11.9. The first-order valence-electron chi connectivity index (χ1n) is 7.74. The van der Waals surface area contributed by atoms with Crippen molar-refractivity contribution in [1.82, 2.24) is 9.55 Å². The van der Waals surface area contributed by atoms with Gasteiger partial charge >= 0.3 is 41.2 Å². The molecule has 2 N–H and O–H groups in total. The van der Waals surface area contributed by atoms with Crippen LogP contribution in [0.15, 0.2) is 41.3 Å². The van der Waals surface area contributed by atoms with E-state index in [0.717, 1.165) is 43.4 Å². The van der Waals surface area contributed by atoms with E-state index in [0.29, 0.717) is 6.54 Å². The number of hydrogen-bond donors (Lipinski definition) is 2. The number of carboxylic acids is 1. The van der Waals surface area contributed by atoms with Crippen molar-refractivity contribution in [2.24, 2.45) is 0 Å². The Kier molecular flexibility index (Phi) is 8.99. The van der Waals surface area contributed by atoms with Gasteiger partial charge in [-0.05, 0) is 18.4 Å². The summed E-state index contributed by atoms with van der Waals surface area (Å²) in [4.78, 5) is 25.1. The summed E-state index contributed by atoms with van der Waals surface area (Å²) in [7, 11) is 0. The van der Waals surface area contributed by atoms with E-state index in [1.54, 1.807) is 10.8 Å². The van der Waals surface area contributed by atoms with E-state index in [2.05, 4.69) is 4.98 Å². The topological polar surface area (TPSA) is 75.1 Å². The van der Waals surface area contributed by atoms with E-state index in [-0.39, 0.29) is 43.1 Å². The Labute approximate surface area is 159 Å². The Morgan fingerprint density at radius 1 is 1.09 bits per heavy atom. The number of imidazole rings is 1. The fourth-order valence-electron chi connectivity index (χ4n) is 2.54. The second-order valence-corrected chi connectivity index (χ2v) is 5.41. The van der Waals surface area contributed by atoms with Crippen molar-refractivity contribution in [1.29, 1.82) is 0 Å². The molecule has 0 amide bonds. The van der Waals surface area contributed by atoms with Gasteiger partial charge in [-0.2, -0.15) is 0 Å². The fraction of sp³-hybridized carbons (Fsp3) is 0.412. The van der Waals surface area contributed by atoms with Crippen molar-refractivity contribution in [2.75, 3.05) is 0 Å². The third-order valence-electron chi connectivity index (χ3n) is 3.71. The number of nitrogens with one attached hydrogen (secondary N) is 1. The van der Waals surface area contributed by atoms with Crippen LogP contribution in [0.25, 0.3) is 11.3 Å². The van der Waals surface area contributed by atoms with Crippen LogP contribution in [0.4, 0.5) is 0 Å². The molecule has 2 rings (SSSR count). The predicted molar refractivity (Wildman–Crippen MR) is 86.9 cm³/mol. The first-order valence-corrected chi connectivity index (χ1v) is 7.74. The molecule has 120 valence electrons. The molecule has 0 aliphatic rings. The minimum atomic E-state index is -0.730. The van der Waals surface area contributed by atoms with Gasteiger partial charge in [0.2, 0.25) is 0 Å². The fourth-order valence-corrected chi connectivity index (χ4v) is 2.54. The average Bonchev–Trinajstić information content (AvgIpc) is 2.88. The van der Waals surface area contributed by atoms with E-state index < -0.39 is 5.97 Å². The van der Waals surface area contributed by atoms with Gasteiger partial charge in [0.05, 0.1) is 5.69 Å². The Bertz CT molecular complexity index is 655. The number of H-pyrrole nitrogens is 1. The summed E-state index contributed by atoms with van der Waals surface area (Å²) >= 11 is 0. The van der Waals surface area contributed by atoms with Crippen molar-refractivity contribution >= 4 is 5.97 Å². The zero-order valence-electron chi connectivity index (χ0n) is 14.6. The first kappa shape index (κ1) is 19.7. The van der Waals surface area contributed by atoms with Crippen molar-refractivity contribution < 1.29 is 40.9 Å². The van der Waals surface area contributed by atoms with Gasteiger partial charge in [-0.25, -0.2) is 4.79 Å². The molecule has 5 nitrogen and oxygen atoms in total. The van der Waals surface area contributed by atoms with Gasteiger partial charge in [-0.15, -0.1) is 0 Å². The number of aromatic amines is 1. The van der Waals surface area contributed by atoms with Gasteiger partial charge < -0.3 is 11.5 Å². The molecule has 0 unspecified atom stereocenters. The van der Waals surface area contributed by atoms with Crippen molar-refractivity contribution in [3.63, 3.8) is 0 Å². The van der Waals surface area contributed by atoms with Crippen LogP contribution >= 0.6 is 0 Å². The Morgan fingerprint density at radius 3 is 2.43 bits per heavy atom. The summed E-state index contributed by atoms with van der Waals surface area (Å²) < 4.78 is 1.77. The van der Waals surface area contributed by atoms with E-state index in [9.17, 15) is 9.59 Å². The molecule has 0 saturated heterocycles. The zero-order valence-corrected chi connectivity index (χ0v) is 15.6. The van der Waals surface area contributed by atoms with Crippen LogP contribution in [0.2, 0.25) is 0 Å². The van der Waals surface area contributed by atoms with Gasteiger partial charge in [0.25, 0.3) is 0 Å². The molecule has 6 heteroatoms. The standard InChI is InChI=1S/C17H22N2O3.Na.H/c20-16(21)11-7-2-1-3-8-12-19-15(13-18-17(19)22)14-9-5-4-6-10-14;;/h4-6,9-10,13H,1-3,7-8,11-12H2,(H,18,22)(H,20,21);;/q;+1;-1. The second-order valence-electron chi connectivity index (χ2n) is 5.41. The van der Waals surface area contributed by atoms with Gasteiger partial charge in [-0.3, -0.25) is 9.36 Å². The van der Waals surface area contributed by atoms with Crippen LogP contribution in [-0.2, 0) is 11.3 Å². The molecule has 0 saturated carbocycles. The van der Waals surface area contributed by atoms with E-state index in [4.69, 9.17) is 5.11 Å². The predicted octanol–water partition coefficient (Wildman–Crippen LogP) is 0.385. The van der Waals surface area contributed by atoms with Crippen molar-refractivity contribution in [3.8, 4) is 11.3 Å². The molecule has 0 fully saturated rings. The van der Waals surface area contributed by atoms with Crippen LogP contribution in [0.3, 0.4) is 0 Å². The van der Waals surface area contributed by atoms with Crippen molar-refractivity contribution in [3.05, 3.63) is 47.0 Å². The minimum absolute atomic E-state index is 0. The molecule has 2 aromatic rings. The smallest absolute Gasteiger partial charge is 1.00 e. The number of nitrogens with zero attached hydrogens (tertiary/aromatic N) is 1. The molecule has 1 aromatic carbocycles. The van der Waals surface area contributed by atoms with E-state index in [1.807, 2.05) is 30.3 Å². The molecular weight excluding hydrogens is 303 g/mol. The van der Waals surface area contributed by atoms with Crippen LogP contribution in [-0.4, -0.2) is 20.6 Å². The number of carbonyl (C=O) groups is 1. The molecule has 1 aromatic heterocycles. The van der Waals surface area contributed by atoms with E-state index in [1.165, 1.54) is 0 Å². The number of carboxylic acid groups (broad SMARTS) is 1. The van der Waals surface area contributed by atoms with Gasteiger partial charge in [0, 0.05) is 19.2 Å². The van der Waals surface area contributed by atoms with Gasteiger partial charge in [0.1, 0.15) is 0 Å². The number of hydrogen-bond acceptors (Lipinski definition) is 2. The molecule has 0 atom stereocenters. The molecule has 0 aliphatic carbocycles. The SMILES string of the molecule is O=C(O)CCCCCCCn1c(-c2ccccc2)c[nH]c1=O.[H-].[Na+]. The van der Waals surface area contributed by atoms with Crippen LogP contribution in [0.5, 0.6) is 0 Å². The molecular formula is C17H23N2NaO3. The molecule has 23 heavy (non-hydrogen) atoms. The van der Waals surface area contributed by atoms with Gasteiger partial charge in [-0.1, -0.05) is 49.6 Å². The Hall–Kier alpha value is -1.30. The van der Waals surface area contributed by atoms with Gasteiger partial charge in [0.15, 0.2) is 0 Å². The molecule has 0 radical (unpaired) electrons. The van der Waals surface area contributed by atoms with E-state index >= 15 is 0 Å². The van der Waals surface area contributed by atoms with Crippen LogP contribution in [0, 0.1) is 0 Å². The van der Waals surface area contributed by atoms with Crippen LogP contribution in [0.1, 0.15) is 40.0 Å². The molecule has 0 bridgehead atoms. The number of aliphatic carboxylic acids is 1. The maximum absolute atomic E-state index is 11.9. The summed E-state index contributed by atoms with van der Waals surface area (Å²) in [6, 6.07) is 9.85. The summed E-state index contributed by atoms with van der Waals surface area (Å²) in [6.07, 6.45) is 6.60. The molecule has 0 aliphatic heterocycles. The summed E-state index contributed by atoms with van der Waals surface area (Å²) in [5, 5.41) is 8.57. The number of aromatic nitrogens is 2. The van der Waals surface area contributed by atoms with Crippen molar-refractivity contribution in [2.45, 2.75) is 45.1 Å². The zero-order chi connectivity index (χ0) is 15.8. The third kappa shape index (κ3) is 6.37.